The molecule has 0 aliphatic carbocycles. The zero-order valence-corrected chi connectivity index (χ0v) is 12.8. The highest BCUT2D eigenvalue weighted by atomic mass is 79.9. The Morgan fingerprint density at radius 1 is 1.53 bits per heavy atom. The molecule has 100 valence electrons. The molecular formula is C13H13BrClN3O. The summed E-state index contributed by atoms with van der Waals surface area (Å²) in [5, 5.41) is 9.60. The highest BCUT2D eigenvalue weighted by molar-refractivity contribution is 9.10. The summed E-state index contributed by atoms with van der Waals surface area (Å²) in [6.07, 6.45) is 0. The minimum atomic E-state index is -0.254. The molecule has 0 N–H and O–H groups in total. The number of piperazine rings is 1. The molecule has 0 saturated carbocycles. The summed E-state index contributed by atoms with van der Waals surface area (Å²) in [6.45, 7) is 1.74. The Kier molecular flexibility index (Phi) is 4.46. The fourth-order valence-electron chi connectivity index (χ4n) is 2.03. The highest BCUT2D eigenvalue weighted by Crippen LogP contribution is 2.23. The number of benzene rings is 1. The predicted octanol–water partition coefficient (Wildman–Crippen LogP) is 2.38. The predicted molar refractivity (Wildman–Crippen MR) is 77.1 cm³/mol. The molecule has 1 amide bonds. The molecule has 0 radical (unpaired) electrons. The van der Waals surface area contributed by atoms with Crippen molar-refractivity contribution in [3.05, 3.63) is 33.3 Å². The Morgan fingerprint density at radius 2 is 2.26 bits per heavy atom. The first kappa shape index (κ1) is 14.3. The summed E-state index contributed by atoms with van der Waals surface area (Å²) >= 11 is 9.29. The maximum Gasteiger partial charge on any atom is 0.255 e. The van der Waals surface area contributed by atoms with Gasteiger partial charge in [0.1, 0.15) is 6.04 Å². The summed E-state index contributed by atoms with van der Waals surface area (Å²) in [4.78, 5) is 16.1. The third-order valence-electron chi connectivity index (χ3n) is 3.24. The molecule has 1 aromatic rings. The van der Waals surface area contributed by atoms with Gasteiger partial charge in [-0.25, -0.2) is 0 Å². The zero-order chi connectivity index (χ0) is 14.0. The second kappa shape index (κ2) is 5.91. The van der Waals surface area contributed by atoms with Crippen LogP contribution in [0.5, 0.6) is 0 Å². The Morgan fingerprint density at radius 3 is 2.95 bits per heavy atom. The van der Waals surface area contributed by atoms with E-state index in [-0.39, 0.29) is 11.9 Å². The van der Waals surface area contributed by atoms with Gasteiger partial charge in [-0.15, -0.1) is 0 Å². The summed E-state index contributed by atoms with van der Waals surface area (Å²) < 4.78 is 0.717. The van der Waals surface area contributed by atoms with Crippen molar-refractivity contribution < 1.29 is 4.79 Å². The Bertz CT molecular complexity index is 543. The fraction of sp³-hybridized carbons (Fsp3) is 0.385. The zero-order valence-electron chi connectivity index (χ0n) is 10.4. The van der Waals surface area contributed by atoms with E-state index in [2.05, 4.69) is 22.0 Å². The molecule has 1 aromatic carbocycles. The van der Waals surface area contributed by atoms with Crippen molar-refractivity contribution in [1.82, 2.24) is 9.80 Å². The van der Waals surface area contributed by atoms with Crippen molar-refractivity contribution in [3.8, 4) is 6.07 Å². The number of carbonyl (C=O) groups is 1. The van der Waals surface area contributed by atoms with Gasteiger partial charge in [0.2, 0.25) is 0 Å². The van der Waals surface area contributed by atoms with Gasteiger partial charge >= 0.3 is 0 Å². The van der Waals surface area contributed by atoms with E-state index in [0.717, 1.165) is 0 Å². The third-order valence-corrected chi connectivity index (χ3v) is 4.17. The second-order valence-corrected chi connectivity index (χ2v) is 5.79. The largest absolute Gasteiger partial charge is 0.335 e. The van der Waals surface area contributed by atoms with E-state index in [1.807, 2.05) is 11.9 Å². The Balaban J connectivity index is 2.21. The van der Waals surface area contributed by atoms with Crippen molar-refractivity contribution in [2.75, 3.05) is 26.7 Å². The minimum Gasteiger partial charge on any atom is -0.335 e. The topological polar surface area (TPSA) is 47.3 Å². The monoisotopic (exact) mass is 341 g/mol. The lowest BCUT2D eigenvalue weighted by atomic mass is 10.1. The maximum absolute atomic E-state index is 12.5. The lowest BCUT2D eigenvalue weighted by Crippen LogP contribution is -2.52. The van der Waals surface area contributed by atoms with Crippen LogP contribution < -0.4 is 0 Å². The third kappa shape index (κ3) is 3.08. The number of rotatable bonds is 1. The van der Waals surface area contributed by atoms with E-state index in [1.165, 1.54) is 0 Å². The van der Waals surface area contributed by atoms with E-state index < -0.39 is 0 Å². The number of hydrogen-bond acceptors (Lipinski definition) is 3. The number of carbonyl (C=O) groups excluding carboxylic acids is 1. The van der Waals surface area contributed by atoms with Crippen LogP contribution in [0.3, 0.4) is 0 Å². The van der Waals surface area contributed by atoms with Gasteiger partial charge in [-0.05, 0) is 41.2 Å². The standard InChI is InChI=1S/C13H13BrClN3O/c1-17-4-5-18(8-10(17)7-16)13(19)11-6-9(15)2-3-12(11)14/h2-3,6,10H,4-5,8H2,1H3/t10-/m1/s1. The molecule has 1 aliphatic rings. The van der Waals surface area contributed by atoms with E-state index in [0.29, 0.717) is 34.7 Å². The number of nitriles is 1. The molecule has 2 rings (SSSR count). The molecule has 1 aliphatic heterocycles. The van der Waals surface area contributed by atoms with Crippen molar-refractivity contribution in [2.45, 2.75) is 6.04 Å². The SMILES string of the molecule is CN1CCN(C(=O)c2cc(Cl)ccc2Br)C[C@H]1C#N. The average molecular weight is 343 g/mol. The lowest BCUT2D eigenvalue weighted by Gasteiger charge is -2.36. The Labute approximate surface area is 125 Å². The molecule has 4 nitrogen and oxygen atoms in total. The first-order valence-corrected chi connectivity index (χ1v) is 7.04. The molecule has 1 fully saturated rings. The summed E-state index contributed by atoms with van der Waals surface area (Å²) in [7, 11) is 1.89. The van der Waals surface area contributed by atoms with Crippen molar-refractivity contribution in [3.63, 3.8) is 0 Å². The molecule has 0 spiro atoms. The fourth-order valence-corrected chi connectivity index (χ4v) is 2.62. The quantitative estimate of drug-likeness (QED) is 0.787. The average Bonchev–Trinajstić information content (AvgIpc) is 2.41. The van der Waals surface area contributed by atoms with E-state index in [1.54, 1.807) is 23.1 Å². The lowest BCUT2D eigenvalue weighted by molar-refractivity contribution is 0.0610. The first-order valence-electron chi connectivity index (χ1n) is 5.87. The molecule has 0 unspecified atom stereocenters. The van der Waals surface area contributed by atoms with E-state index >= 15 is 0 Å². The van der Waals surface area contributed by atoms with Crippen LogP contribution in [-0.4, -0.2) is 48.4 Å². The highest BCUT2D eigenvalue weighted by Gasteiger charge is 2.28. The molecule has 0 aromatic heterocycles. The molecule has 6 heteroatoms. The van der Waals surface area contributed by atoms with Gasteiger partial charge in [0.05, 0.1) is 11.6 Å². The number of amides is 1. The van der Waals surface area contributed by atoms with Gasteiger partial charge in [0.25, 0.3) is 5.91 Å². The summed E-state index contributed by atoms with van der Waals surface area (Å²) in [6, 6.07) is 7.09. The number of likely N-dealkylation sites (N-methyl/N-ethyl adjacent to an activating group) is 1. The molecule has 1 atom stereocenters. The second-order valence-electron chi connectivity index (χ2n) is 4.50. The molecule has 1 heterocycles. The number of hydrogen-bond donors (Lipinski definition) is 0. The number of halogens is 2. The van der Waals surface area contributed by atoms with Crippen LogP contribution in [-0.2, 0) is 0 Å². The van der Waals surface area contributed by atoms with Crippen LogP contribution in [0.15, 0.2) is 22.7 Å². The molecule has 19 heavy (non-hydrogen) atoms. The van der Waals surface area contributed by atoms with Gasteiger partial charge < -0.3 is 4.90 Å². The summed E-state index contributed by atoms with van der Waals surface area (Å²) in [5.74, 6) is -0.0947. The number of nitrogens with zero attached hydrogens (tertiary/aromatic N) is 3. The van der Waals surface area contributed by atoms with Crippen LogP contribution in [0.2, 0.25) is 5.02 Å². The van der Waals surface area contributed by atoms with Gasteiger partial charge in [-0.2, -0.15) is 5.26 Å². The maximum atomic E-state index is 12.5. The van der Waals surface area contributed by atoms with Gasteiger partial charge in [-0.1, -0.05) is 11.6 Å². The molecule has 1 saturated heterocycles. The van der Waals surface area contributed by atoms with Gasteiger partial charge in [0.15, 0.2) is 0 Å². The smallest absolute Gasteiger partial charge is 0.255 e. The van der Waals surface area contributed by atoms with Gasteiger partial charge in [-0.3, -0.25) is 9.69 Å². The van der Waals surface area contributed by atoms with Crippen LogP contribution in [0.25, 0.3) is 0 Å². The van der Waals surface area contributed by atoms with E-state index in [4.69, 9.17) is 16.9 Å². The van der Waals surface area contributed by atoms with Crippen molar-refractivity contribution >= 4 is 33.4 Å². The normalized spacial score (nSPS) is 20.1. The summed E-state index contributed by atoms with van der Waals surface area (Å²) in [5.41, 5.74) is 0.536. The van der Waals surface area contributed by atoms with Crippen LogP contribution in [0.1, 0.15) is 10.4 Å². The van der Waals surface area contributed by atoms with Crippen LogP contribution in [0, 0.1) is 11.3 Å². The van der Waals surface area contributed by atoms with Crippen molar-refractivity contribution in [2.24, 2.45) is 0 Å². The Hall–Kier alpha value is -1.09. The first-order chi connectivity index (χ1) is 9.02. The van der Waals surface area contributed by atoms with Crippen LogP contribution in [0.4, 0.5) is 0 Å². The van der Waals surface area contributed by atoms with Gasteiger partial charge in [0, 0.05) is 29.1 Å². The van der Waals surface area contributed by atoms with Crippen LogP contribution >= 0.6 is 27.5 Å². The molecular weight excluding hydrogens is 330 g/mol. The molecule has 0 bridgehead atoms. The minimum absolute atomic E-state index is 0.0947. The van der Waals surface area contributed by atoms with Crippen molar-refractivity contribution in [1.29, 1.82) is 5.26 Å². The van der Waals surface area contributed by atoms with E-state index in [9.17, 15) is 4.79 Å².